The number of rotatable bonds is 4. The van der Waals surface area contributed by atoms with Crippen molar-refractivity contribution in [3.8, 4) is 0 Å². The minimum atomic E-state index is -0.952. The standard InChI is InChI=1S/C13H22N2O4/c1-13(19-2)6-3-7-14(9-13)12(18)15(8-11(16)17)10-4-5-10/h10H,3-9H2,1-2H3,(H,16,17). The van der Waals surface area contributed by atoms with Crippen LogP contribution in [-0.4, -0.2) is 65.3 Å². The largest absolute Gasteiger partial charge is 0.480 e. The minimum Gasteiger partial charge on any atom is -0.480 e. The first-order valence-electron chi connectivity index (χ1n) is 6.78. The summed E-state index contributed by atoms with van der Waals surface area (Å²) >= 11 is 0. The second-order valence-corrected chi connectivity index (χ2v) is 5.71. The van der Waals surface area contributed by atoms with Crippen LogP contribution >= 0.6 is 0 Å². The number of carboxylic acids is 1. The Hall–Kier alpha value is -1.30. The Labute approximate surface area is 113 Å². The van der Waals surface area contributed by atoms with Crippen LogP contribution in [0.4, 0.5) is 4.79 Å². The number of carboxylic acid groups (broad SMARTS) is 1. The molecule has 1 atom stereocenters. The maximum absolute atomic E-state index is 12.5. The number of methoxy groups -OCH3 is 1. The SMILES string of the molecule is COC1(C)CCCN(C(=O)N(CC(=O)O)C2CC2)C1. The third-order valence-corrected chi connectivity index (χ3v) is 3.96. The maximum Gasteiger partial charge on any atom is 0.323 e. The van der Waals surface area contributed by atoms with E-state index < -0.39 is 5.97 Å². The van der Waals surface area contributed by atoms with E-state index in [1.54, 1.807) is 12.0 Å². The fraction of sp³-hybridized carbons (Fsp3) is 0.846. The first-order chi connectivity index (χ1) is 8.95. The Morgan fingerprint density at radius 1 is 1.47 bits per heavy atom. The molecule has 1 heterocycles. The lowest BCUT2D eigenvalue weighted by Gasteiger charge is -2.41. The molecule has 108 valence electrons. The molecule has 1 N–H and O–H groups in total. The molecule has 1 saturated heterocycles. The van der Waals surface area contributed by atoms with Gasteiger partial charge in [-0.25, -0.2) is 4.79 Å². The zero-order chi connectivity index (χ0) is 14.0. The van der Waals surface area contributed by atoms with E-state index in [0.717, 1.165) is 25.7 Å². The van der Waals surface area contributed by atoms with Crippen LogP contribution in [-0.2, 0) is 9.53 Å². The molecule has 2 fully saturated rings. The quantitative estimate of drug-likeness (QED) is 0.832. The Kier molecular flexibility index (Phi) is 3.99. The second-order valence-electron chi connectivity index (χ2n) is 5.71. The normalized spacial score (nSPS) is 27.2. The molecule has 1 aliphatic carbocycles. The fourth-order valence-corrected chi connectivity index (χ4v) is 2.60. The molecule has 2 rings (SSSR count). The van der Waals surface area contributed by atoms with Gasteiger partial charge in [-0.05, 0) is 32.6 Å². The molecular formula is C13H22N2O4. The molecule has 1 unspecified atom stereocenters. The number of aliphatic carboxylic acids is 1. The van der Waals surface area contributed by atoms with E-state index >= 15 is 0 Å². The van der Waals surface area contributed by atoms with Gasteiger partial charge in [0.15, 0.2) is 0 Å². The van der Waals surface area contributed by atoms with Crippen LogP contribution in [0.15, 0.2) is 0 Å². The number of piperidine rings is 1. The number of carbonyl (C=O) groups is 2. The molecule has 1 saturated carbocycles. The summed E-state index contributed by atoms with van der Waals surface area (Å²) < 4.78 is 5.47. The third kappa shape index (κ3) is 3.37. The summed E-state index contributed by atoms with van der Waals surface area (Å²) in [6.07, 6.45) is 3.64. The number of likely N-dealkylation sites (tertiary alicyclic amines) is 1. The van der Waals surface area contributed by atoms with Gasteiger partial charge >= 0.3 is 12.0 Å². The van der Waals surface area contributed by atoms with E-state index in [2.05, 4.69) is 0 Å². The van der Waals surface area contributed by atoms with Gasteiger partial charge in [-0.2, -0.15) is 0 Å². The predicted octanol–water partition coefficient (Wildman–Crippen LogP) is 1.16. The molecule has 0 spiro atoms. The average Bonchev–Trinajstić information content (AvgIpc) is 3.19. The van der Waals surface area contributed by atoms with Gasteiger partial charge in [0.05, 0.1) is 12.1 Å². The van der Waals surface area contributed by atoms with E-state index in [1.807, 2.05) is 6.92 Å². The summed E-state index contributed by atoms with van der Waals surface area (Å²) in [5.41, 5.74) is -0.313. The highest BCUT2D eigenvalue weighted by atomic mass is 16.5. The highest BCUT2D eigenvalue weighted by Crippen LogP contribution is 2.30. The van der Waals surface area contributed by atoms with Crippen LogP contribution < -0.4 is 0 Å². The molecular weight excluding hydrogens is 248 g/mol. The summed E-state index contributed by atoms with van der Waals surface area (Å²) in [6.45, 7) is 3.00. The molecule has 6 heteroatoms. The number of amides is 2. The summed E-state index contributed by atoms with van der Waals surface area (Å²) in [5, 5.41) is 8.92. The highest BCUT2D eigenvalue weighted by Gasteiger charge is 2.39. The van der Waals surface area contributed by atoms with E-state index in [9.17, 15) is 9.59 Å². The molecule has 2 amide bonds. The number of nitrogens with zero attached hydrogens (tertiary/aromatic N) is 2. The highest BCUT2D eigenvalue weighted by molar-refractivity contribution is 5.81. The van der Waals surface area contributed by atoms with Crippen LogP contribution in [0, 0.1) is 0 Å². The van der Waals surface area contributed by atoms with Crippen LogP contribution in [0.25, 0.3) is 0 Å². The average molecular weight is 270 g/mol. The first kappa shape index (κ1) is 14.1. The Balaban J connectivity index is 2.02. The van der Waals surface area contributed by atoms with E-state index in [4.69, 9.17) is 9.84 Å². The number of hydrogen-bond acceptors (Lipinski definition) is 3. The Morgan fingerprint density at radius 3 is 2.68 bits per heavy atom. The Bertz CT molecular complexity index is 370. The van der Waals surface area contributed by atoms with E-state index in [0.29, 0.717) is 13.1 Å². The van der Waals surface area contributed by atoms with Gasteiger partial charge in [0.1, 0.15) is 6.54 Å². The van der Waals surface area contributed by atoms with Crippen molar-refractivity contribution < 1.29 is 19.4 Å². The summed E-state index contributed by atoms with van der Waals surface area (Å²) in [4.78, 5) is 26.5. The molecule has 0 aromatic carbocycles. The smallest absolute Gasteiger partial charge is 0.323 e. The van der Waals surface area contributed by atoms with Crippen molar-refractivity contribution in [2.24, 2.45) is 0 Å². The minimum absolute atomic E-state index is 0.110. The monoisotopic (exact) mass is 270 g/mol. The van der Waals surface area contributed by atoms with Crippen molar-refractivity contribution in [1.29, 1.82) is 0 Å². The third-order valence-electron chi connectivity index (χ3n) is 3.96. The van der Waals surface area contributed by atoms with Crippen LogP contribution in [0.3, 0.4) is 0 Å². The molecule has 6 nitrogen and oxygen atoms in total. The van der Waals surface area contributed by atoms with E-state index in [1.165, 1.54) is 4.90 Å². The van der Waals surface area contributed by atoms with Crippen molar-refractivity contribution in [1.82, 2.24) is 9.80 Å². The van der Waals surface area contributed by atoms with Crippen molar-refractivity contribution in [2.75, 3.05) is 26.7 Å². The van der Waals surface area contributed by atoms with Crippen LogP contribution in [0.1, 0.15) is 32.6 Å². The predicted molar refractivity (Wildman–Crippen MR) is 69.0 cm³/mol. The summed E-state index contributed by atoms with van der Waals surface area (Å²) in [5.74, 6) is -0.952. The van der Waals surface area contributed by atoms with Gasteiger partial charge in [-0.3, -0.25) is 4.79 Å². The van der Waals surface area contributed by atoms with Crippen molar-refractivity contribution in [3.05, 3.63) is 0 Å². The fourth-order valence-electron chi connectivity index (χ4n) is 2.60. The molecule has 1 aliphatic heterocycles. The summed E-state index contributed by atoms with van der Waals surface area (Å²) in [7, 11) is 1.66. The van der Waals surface area contributed by atoms with Gasteiger partial charge in [-0.1, -0.05) is 0 Å². The van der Waals surface area contributed by atoms with Crippen LogP contribution in [0.5, 0.6) is 0 Å². The lowest BCUT2D eigenvalue weighted by atomic mass is 9.95. The number of carbonyl (C=O) groups excluding carboxylic acids is 1. The Morgan fingerprint density at radius 2 is 2.16 bits per heavy atom. The lowest BCUT2D eigenvalue weighted by molar-refractivity contribution is -0.138. The molecule has 0 aromatic rings. The molecule has 0 bridgehead atoms. The maximum atomic E-state index is 12.5. The van der Waals surface area contributed by atoms with Crippen molar-refractivity contribution in [3.63, 3.8) is 0 Å². The van der Waals surface area contributed by atoms with Gasteiger partial charge in [0.25, 0.3) is 0 Å². The molecule has 0 radical (unpaired) electrons. The molecule has 19 heavy (non-hydrogen) atoms. The van der Waals surface area contributed by atoms with Gasteiger partial charge in [0, 0.05) is 19.7 Å². The lowest BCUT2D eigenvalue weighted by Crippen LogP contribution is -2.54. The number of hydrogen-bond donors (Lipinski definition) is 1. The zero-order valence-electron chi connectivity index (χ0n) is 11.6. The van der Waals surface area contributed by atoms with E-state index in [-0.39, 0.29) is 24.2 Å². The van der Waals surface area contributed by atoms with Crippen molar-refractivity contribution >= 4 is 12.0 Å². The number of urea groups is 1. The topological polar surface area (TPSA) is 70.1 Å². The van der Waals surface area contributed by atoms with Gasteiger partial charge in [-0.15, -0.1) is 0 Å². The second kappa shape index (κ2) is 5.36. The van der Waals surface area contributed by atoms with Gasteiger partial charge in [0.2, 0.25) is 0 Å². The van der Waals surface area contributed by atoms with Crippen molar-refractivity contribution in [2.45, 2.75) is 44.2 Å². The number of ether oxygens (including phenoxy) is 1. The van der Waals surface area contributed by atoms with Crippen LogP contribution in [0.2, 0.25) is 0 Å². The molecule has 0 aromatic heterocycles. The van der Waals surface area contributed by atoms with Gasteiger partial charge < -0.3 is 19.6 Å². The summed E-state index contributed by atoms with van der Waals surface area (Å²) in [6, 6.07) is -0.0489. The zero-order valence-corrected chi connectivity index (χ0v) is 11.6. The first-order valence-corrected chi connectivity index (χ1v) is 6.78. The molecule has 2 aliphatic rings.